The number of fused-ring (bicyclic) bond motifs is 1. The van der Waals surface area contributed by atoms with Gasteiger partial charge in [0, 0.05) is 6.20 Å². The fourth-order valence-electron chi connectivity index (χ4n) is 3.63. The van der Waals surface area contributed by atoms with Gasteiger partial charge >= 0.3 is 5.97 Å². The van der Waals surface area contributed by atoms with E-state index in [1.165, 1.54) is 24.2 Å². The minimum atomic E-state index is -0.465. The number of ether oxygens (including phenoxy) is 2. The fraction of sp³-hybridized carbons (Fsp3) is 0.318. The zero-order valence-electron chi connectivity index (χ0n) is 19.0. The van der Waals surface area contributed by atoms with Crippen LogP contribution in [0.5, 0.6) is 5.88 Å². The maximum Gasteiger partial charge on any atom is 0.341 e. The number of benzene rings is 1. The third-order valence-corrected chi connectivity index (χ3v) is 5.91. The smallest absolute Gasteiger partial charge is 0.341 e. The zero-order chi connectivity index (χ0) is 23.7. The Balaban J connectivity index is 0.00000324. The quantitative estimate of drug-likeness (QED) is 0.317. The molecule has 0 amide bonds. The number of aryl methyl sites for hydroxylation is 1. The molecule has 1 atom stereocenters. The Bertz CT molecular complexity index is 1340. The van der Waals surface area contributed by atoms with E-state index in [1.54, 1.807) is 13.0 Å². The molecule has 180 valence electrons. The van der Waals surface area contributed by atoms with Gasteiger partial charge in [-0.05, 0) is 38.0 Å². The summed E-state index contributed by atoms with van der Waals surface area (Å²) in [6.45, 7) is 5.93. The van der Waals surface area contributed by atoms with Crippen molar-refractivity contribution in [3.63, 3.8) is 0 Å². The van der Waals surface area contributed by atoms with Crippen molar-refractivity contribution in [3.05, 3.63) is 57.5 Å². The molecule has 12 heteroatoms. The molecule has 0 radical (unpaired) electrons. The van der Waals surface area contributed by atoms with Gasteiger partial charge in [0.05, 0.1) is 47.3 Å². The average Bonchev–Trinajstić information content (AvgIpc) is 3.42. The van der Waals surface area contributed by atoms with Crippen molar-refractivity contribution in [1.82, 2.24) is 29.5 Å². The first-order chi connectivity index (χ1) is 15.9. The van der Waals surface area contributed by atoms with Crippen LogP contribution in [0.3, 0.4) is 0 Å². The molecule has 0 aliphatic rings. The monoisotopic (exact) mass is 522 g/mol. The molecule has 4 aromatic rings. The molecule has 9 nitrogen and oxygen atoms in total. The first kappa shape index (κ1) is 25.8. The van der Waals surface area contributed by atoms with E-state index in [0.29, 0.717) is 38.2 Å². The Morgan fingerprint density at radius 1 is 1.18 bits per heavy atom. The number of hydrogen-bond donors (Lipinski definition) is 0. The van der Waals surface area contributed by atoms with E-state index in [9.17, 15) is 4.79 Å². The van der Waals surface area contributed by atoms with Crippen LogP contribution in [0.2, 0.25) is 10.0 Å². The molecule has 0 aliphatic heterocycles. The molecule has 4 rings (SSSR count). The van der Waals surface area contributed by atoms with Gasteiger partial charge < -0.3 is 9.47 Å². The van der Waals surface area contributed by atoms with Gasteiger partial charge in [0.25, 0.3) is 5.95 Å². The van der Waals surface area contributed by atoms with Crippen LogP contribution >= 0.6 is 36.7 Å². The maximum atomic E-state index is 12.0. The van der Waals surface area contributed by atoms with E-state index in [1.807, 2.05) is 23.7 Å². The first-order valence-electron chi connectivity index (χ1n) is 10.4. The maximum absolute atomic E-state index is 12.0. The minimum Gasteiger partial charge on any atom is -0.479 e. The van der Waals surface area contributed by atoms with E-state index >= 15 is 0 Å². The van der Waals surface area contributed by atoms with Gasteiger partial charge in [-0.15, -0.1) is 0 Å². The Morgan fingerprint density at radius 3 is 2.59 bits per heavy atom. The molecule has 0 N–H and O–H groups in total. The molecular weight excluding hydrogens is 499 g/mol. The molecule has 3 aromatic heterocycles. The minimum absolute atomic E-state index is 0. The van der Waals surface area contributed by atoms with Crippen molar-refractivity contribution in [1.29, 1.82) is 0 Å². The van der Waals surface area contributed by atoms with Gasteiger partial charge in [-0.25, -0.2) is 19.1 Å². The van der Waals surface area contributed by atoms with E-state index in [4.69, 9.17) is 37.8 Å². The lowest BCUT2D eigenvalue weighted by Gasteiger charge is -2.18. The van der Waals surface area contributed by atoms with Crippen molar-refractivity contribution >= 4 is 53.7 Å². The van der Waals surface area contributed by atoms with Gasteiger partial charge in [0.2, 0.25) is 5.88 Å². The van der Waals surface area contributed by atoms with Crippen LogP contribution in [0.15, 0.2) is 30.6 Å². The second kappa shape index (κ2) is 10.6. The molecule has 0 fully saturated rings. The van der Waals surface area contributed by atoms with Crippen molar-refractivity contribution in [2.24, 2.45) is 0 Å². The van der Waals surface area contributed by atoms with Crippen LogP contribution in [0, 0.1) is 6.92 Å². The highest BCUT2D eigenvalue weighted by Crippen LogP contribution is 2.34. The normalized spacial score (nSPS) is 11.8. The first-order valence-corrected chi connectivity index (χ1v) is 11.1. The largest absolute Gasteiger partial charge is 0.479 e. The summed E-state index contributed by atoms with van der Waals surface area (Å²) in [4.78, 5) is 21.2. The number of esters is 1. The molecule has 0 spiro atoms. The predicted molar refractivity (Wildman–Crippen MR) is 135 cm³/mol. The third-order valence-electron chi connectivity index (χ3n) is 5.17. The molecular formula is C22H24Cl2N6O3S. The average molecular weight is 523 g/mol. The summed E-state index contributed by atoms with van der Waals surface area (Å²) in [5.74, 6) is 0.121. The van der Waals surface area contributed by atoms with Crippen LogP contribution in [0.25, 0.3) is 17.0 Å². The van der Waals surface area contributed by atoms with E-state index < -0.39 is 5.97 Å². The standard InChI is InChI=1S/C22H22Cl2N6O3.H2S/c1-5-17(13-7-8-15(23)16(24)9-13)30-19-18(12(3)28-30)26-22(27-20(19)32-4)29-11-14(10-25-29)21(31)33-6-2;/h7-11,17H,5-6H2,1-4H3;1H2/t17-;/m0./s1. The van der Waals surface area contributed by atoms with Crippen molar-refractivity contribution in [2.45, 2.75) is 33.2 Å². The van der Waals surface area contributed by atoms with Gasteiger partial charge in [0.15, 0.2) is 0 Å². The van der Waals surface area contributed by atoms with E-state index in [2.05, 4.69) is 22.0 Å². The van der Waals surface area contributed by atoms with Crippen molar-refractivity contribution < 1.29 is 14.3 Å². The predicted octanol–water partition coefficient (Wildman–Crippen LogP) is 4.92. The summed E-state index contributed by atoms with van der Waals surface area (Å²) in [7, 11) is 1.53. The highest BCUT2D eigenvalue weighted by atomic mass is 35.5. The van der Waals surface area contributed by atoms with Crippen LogP contribution in [0.4, 0.5) is 0 Å². The van der Waals surface area contributed by atoms with Gasteiger partial charge in [-0.1, -0.05) is 36.2 Å². The van der Waals surface area contributed by atoms with Crippen LogP contribution in [-0.2, 0) is 4.74 Å². The van der Waals surface area contributed by atoms with Crippen LogP contribution in [-0.4, -0.2) is 49.2 Å². The number of carbonyl (C=O) groups is 1. The molecule has 0 saturated heterocycles. The lowest BCUT2D eigenvalue weighted by molar-refractivity contribution is 0.0526. The number of rotatable bonds is 7. The molecule has 0 bridgehead atoms. The van der Waals surface area contributed by atoms with Gasteiger partial charge in [0.1, 0.15) is 11.0 Å². The molecule has 0 aliphatic carbocycles. The molecule has 1 aromatic carbocycles. The zero-order valence-corrected chi connectivity index (χ0v) is 21.6. The molecule has 3 heterocycles. The summed E-state index contributed by atoms with van der Waals surface area (Å²) in [6, 6.07) is 5.39. The van der Waals surface area contributed by atoms with Crippen molar-refractivity contribution in [2.75, 3.05) is 13.7 Å². The number of carbonyl (C=O) groups excluding carboxylic acids is 1. The van der Waals surface area contributed by atoms with Crippen LogP contribution in [0.1, 0.15) is 47.9 Å². The topological polar surface area (TPSA) is 96.9 Å². The summed E-state index contributed by atoms with van der Waals surface area (Å²) in [5, 5.41) is 9.92. The van der Waals surface area contributed by atoms with Crippen LogP contribution < -0.4 is 4.74 Å². The van der Waals surface area contributed by atoms with Gasteiger partial charge in [-0.3, -0.25) is 0 Å². The Hall–Kier alpha value is -2.82. The second-order valence-electron chi connectivity index (χ2n) is 7.25. The highest BCUT2D eigenvalue weighted by Gasteiger charge is 2.24. The molecule has 0 unspecified atom stereocenters. The van der Waals surface area contributed by atoms with E-state index in [-0.39, 0.29) is 32.1 Å². The summed E-state index contributed by atoms with van der Waals surface area (Å²) >= 11 is 12.4. The summed E-state index contributed by atoms with van der Waals surface area (Å²) in [5.41, 5.74) is 3.22. The van der Waals surface area contributed by atoms with Gasteiger partial charge in [-0.2, -0.15) is 28.7 Å². The lowest BCUT2D eigenvalue weighted by Crippen LogP contribution is -2.13. The number of halogens is 2. The summed E-state index contributed by atoms with van der Waals surface area (Å²) in [6.07, 6.45) is 3.66. The third kappa shape index (κ3) is 4.70. The number of hydrogen-bond acceptors (Lipinski definition) is 7. The molecule has 0 saturated carbocycles. The second-order valence-corrected chi connectivity index (χ2v) is 8.07. The van der Waals surface area contributed by atoms with Crippen molar-refractivity contribution in [3.8, 4) is 11.8 Å². The Morgan fingerprint density at radius 2 is 1.94 bits per heavy atom. The molecule has 34 heavy (non-hydrogen) atoms. The Kier molecular flexibility index (Phi) is 8.06. The lowest BCUT2D eigenvalue weighted by atomic mass is 10.0. The SMILES string of the molecule is CCOC(=O)c1cnn(-c2nc(OC)c3c(n2)c(C)nn3[C@@H](CC)c2ccc(Cl)c(Cl)c2)c1.S. The fourth-order valence-corrected chi connectivity index (χ4v) is 3.94. The van der Waals surface area contributed by atoms with E-state index in [0.717, 1.165) is 12.0 Å². The number of methoxy groups -OCH3 is 1. The Labute approximate surface area is 213 Å². The highest BCUT2D eigenvalue weighted by molar-refractivity contribution is 7.59. The summed E-state index contributed by atoms with van der Waals surface area (Å²) < 4.78 is 13.9. The number of aromatic nitrogens is 6. The number of nitrogens with zero attached hydrogens (tertiary/aromatic N) is 6.